The Labute approximate surface area is 84.6 Å². The molecule has 0 heterocycles. The van der Waals surface area contributed by atoms with E-state index in [0.29, 0.717) is 0 Å². The first-order valence-corrected chi connectivity index (χ1v) is 5.77. The molecule has 0 spiro atoms. The third-order valence-corrected chi connectivity index (χ3v) is 2.11. The fourth-order valence-electron chi connectivity index (χ4n) is 0.880. The molecule has 1 atom stereocenters. The lowest BCUT2D eigenvalue weighted by Gasteiger charge is -2.25. The van der Waals surface area contributed by atoms with Crippen LogP contribution in [0.15, 0.2) is 0 Å². The maximum absolute atomic E-state index is 5.56. The van der Waals surface area contributed by atoms with Gasteiger partial charge in [0.05, 0.1) is 13.2 Å². The Morgan fingerprint density at radius 1 is 1.00 bits per heavy atom. The third-order valence-electron chi connectivity index (χ3n) is 1.77. The Morgan fingerprint density at radius 2 is 1.38 bits per heavy atom. The molecule has 0 aromatic heterocycles. The SMILES string of the molecule is CCCCOC(C)(P)OCCCC. The average Bonchev–Trinajstić information content (AvgIpc) is 2.05. The Balaban J connectivity index is 3.42. The van der Waals surface area contributed by atoms with E-state index in [1.165, 1.54) is 0 Å². The summed E-state index contributed by atoms with van der Waals surface area (Å²) in [5.74, 6) is 0. The van der Waals surface area contributed by atoms with Crippen LogP contribution in [0, 0.1) is 0 Å². The van der Waals surface area contributed by atoms with Gasteiger partial charge in [-0.3, -0.25) is 0 Å². The molecule has 0 amide bonds. The molecule has 0 bridgehead atoms. The van der Waals surface area contributed by atoms with Gasteiger partial charge in [-0.25, -0.2) is 0 Å². The van der Waals surface area contributed by atoms with Crippen molar-refractivity contribution in [1.82, 2.24) is 0 Å². The second-order valence-electron chi connectivity index (χ2n) is 3.42. The minimum Gasteiger partial charge on any atom is -0.347 e. The summed E-state index contributed by atoms with van der Waals surface area (Å²) in [5.41, 5.74) is -0.482. The smallest absolute Gasteiger partial charge is 0.178 e. The number of hydrogen-bond acceptors (Lipinski definition) is 2. The maximum atomic E-state index is 5.56. The molecular weight excluding hydrogens is 183 g/mol. The van der Waals surface area contributed by atoms with Gasteiger partial charge in [-0.2, -0.15) is 0 Å². The molecule has 0 aromatic carbocycles. The molecule has 0 aliphatic carbocycles. The summed E-state index contributed by atoms with van der Waals surface area (Å²) in [6.45, 7) is 7.82. The van der Waals surface area contributed by atoms with Crippen LogP contribution in [0.1, 0.15) is 46.5 Å². The van der Waals surface area contributed by atoms with Gasteiger partial charge in [-0.15, -0.1) is 0 Å². The minimum absolute atomic E-state index is 0.482. The molecule has 0 rings (SSSR count). The van der Waals surface area contributed by atoms with Crippen molar-refractivity contribution in [2.75, 3.05) is 13.2 Å². The van der Waals surface area contributed by atoms with Gasteiger partial charge in [-0.05, 0) is 19.8 Å². The zero-order valence-electron chi connectivity index (χ0n) is 9.14. The number of unbranched alkanes of at least 4 members (excludes halogenated alkanes) is 2. The fourth-order valence-corrected chi connectivity index (χ4v) is 1.12. The summed E-state index contributed by atoms with van der Waals surface area (Å²) in [6.07, 6.45) is 4.52. The summed E-state index contributed by atoms with van der Waals surface area (Å²) in [7, 11) is 2.61. The van der Waals surface area contributed by atoms with E-state index in [1.54, 1.807) is 0 Å². The largest absolute Gasteiger partial charge is 0.347 e. The molecule has 0 N–H and O–H groups in total. The van der Waals surface area contributed by atoms with Crippen molar-refractivity contribution in [1.29, 1.82) is 0 Å². The molecule has 0 aliphatic rings. The van der Waals surface area contributed by atoms with Crippen LogP contribution >= 0.6 is 9.24 Å². The molecule has 0 aliphatic heterocycles. The molecule has 0 fully saturated rings. The summed E-state index contributed by atoms with van der Waals surface area (Å²) in [6, 6.07) is 0. The van der Waals surface area contributed by atoms with E-state index >= 15 is 0 Å². The van der Waals surface area contributed by atoms with Crippen molar-refractivity contribution in [2.45, 2.75) is 52.0 Å². The van der Waals surface area contributed by atoms with Crippen LogP contribution in [0.4, 0.5) is 0 Å². The molecule has 3 heteroatoms. The quantitative estimate of drug-likeness (QED) is 0.345. The van der Waals surface area contributed by atoms with Crippen LogP contribution < -0.4 is 0 Å². The Kier molecular flexibility index (Phi) is 7.93. The highest BCUT2D eigenvalue weighted by atomic mass is 31.0. The summed E-state index contributed by atoms with van der Waals surface area (Å²) in [4.78, 5) is 0. The average molecular weight is 206 g/mol. The normalized spacial score (nSPS) is 12.0. The van der Waals surface area contributed by atoms with Crippen LogP contribution in [0.3, 0.4) is 0 Å². The fraction of sp³-hybridized carbons (Fsp3) is 1.00. The molecule has 2 nitrogen and oxygen atoms in total. The molecule has 13 heavy (non-hydrogen) atoms. The molecule has 0 aromatic rings. The van der Waals surface area contributed by atoms with E-state index in [2.05, 4.69) is 23.1 Å². The first kappa shape index (κ1) is 13.4. The lowest BCUT2D eigenvalue weighted by molar-refractivity contribution is -0.161. The second kappa shape index (κ2) is 7.73. The number of ether oxygens (including phenoxy) is 2. The number of hydrogen-bond donors (Lipinski definition) is 0. The number of rotatable bonds is 8. The van der Waals surface area contributed by atoms with Crippen LogP contribution in [0.5, 0.6) is 0 Å². The van der Waals surface area contributed by atoms with Gasteiger partial charge in [0.2, 0.25) is 0 Å². The van der Waals surface area contributed by atoms with Crippen molar-refractivity contribution in [3.63, 3.8) is 0 Å². The van der Waals surface area contributed by atoms with Crippen LogP contribution in [0.2, 0.25) is 0 Å². The first-order chi connectivity index (χ1) is 6.12. The standard InChI is InChI=1S/C10H23O2P/c1-4-6-8-11-10(3,13)12-9-7-5-2/h4-9,13H2,1-3H3. The monoisotopic (exact) mass is 206 g/mol. The van der Waals surface area contributed by atoms with Gasteiger partial charge < -0.3 is 9.47 Å². The van der Waals surface area contributed by atoms with E-state index in [9.17, 15) is 0 Å². The molecule has 0 saturated heterocycles. The molecule has 0 saturated carbocycles. The van der Waals surface area contributed by atoms with Crippen LogP contribution in [0.25, 0.3) is 0 Å². The first-order valence-electron chi connectivity index (χ1n) is 5.19. The Hall–Kier alpha value is 0.350. The van der Waals surface area contributed by atoms with Gasteiger partial charge in [-0.1, -0.05) is 35.9 Å². The summed E-state index contributed by atoms with van der Waals surface area (Å²) < 4.78 is 11.1. The third kappa shape index (κ3) is 8.67. The zero-order chi connectivity index (χ0) is 10.2. The second-order valence-corrected chi connectivity index (χ2v) is 4.47. The predicted octanol–water partition coefficient (Wildman–Crippen LogP) is 3.17. The molecule has 1 unspecified atom stereocenters. The summed E-state index contributed by atoms with van der Waals surface area (Å²) in [5, 5.41) is 0. The van der Waals surface area contributed by atoms with Crippen LogP contribution in [-0.4, -0.2) is 18.7 Å². The topological polar surface area (TPSA) is 18.5 Å². The maximum Gasteiger partial charge on any atom is 0.178 e. The lowest BCUT2D eigenvalue weighted by atomic mass is 10.3. The minimum atomic E-state index is -0.482. The van der Waals surface area contributed by atoms with Crippen molar-refractivity contribution in [3.05, 3.63) is 0 Å². The van der Waals surface area contributed by atoms with Crippen molar-refractivity contribution < 1.29 is 9.47 Å². The Bertz CT molecular complexity index is 103. The van der Waals surface area contributed by atoms with Crippen molar-refractivity contribution >= 4 is 9.24 Å². The van der Waals surface area contributed by atoms with Crippen molar-refractivity contribution in [3.8, 4) is 0 Å². The zero-order valence-corrected chi connectivity index (χ0v) is 10.3. The van der Waals surface area contributed by atoms with Gasteiger partial charge in [0.1, 0.15) is 0 Å². The highest BCUT2D eigenvalue weighted by Crippen LogP contribution is 2.21. The molecular formula is C10H23O2P. The van der Waals surface area contributed by atoms with Gasteiger partial charge >= 0.3 is 0 Å². The van der Waals surface area contributed by atoms with E-state index in [1.807, 2.05) is 6.92 Å². The van der Waals surface area contributed by atoms with Gasteiger partial charge in [0, 0.05) is 0 Å². The highest BCUT2D eigenvalue weighted by molar-refractivity contribution is 7.18. The summed E-state index contributed by atoms with van der Waals surface area (Å²) >= 11 is 0. The highest BCUT2D eigenvalue weighted by Gasteiger charge is 2.17. The van der Waals surface area contributed by atoms with E-state index in [0.717, 1.165) is 38.9 Å². The van der Waals surface area contributed by atoms with Gasteiger partial charge in [0.25, 0.3) is 0 Å². The van der Waals surface area contributed by atoms with Gasteiger partial charge in [0.15, 0.2) is 5.53 Å². The lowest BCUT2D eigenvalue weighted by Crippen LogP contribution is -2.25. The molecule has 80 valence electrons. The predicted molar refractivity (Wildman–Crippen MR) is 59.8 cm³/mol. The van der Waals surface area contributed by atoms with E-state index < -0.39 is 5.53 Å². The van der Waals surface area contributed by atoms with Crippen molar-refractivity contribution in [2.24, 2.45) is 0 Å². The Morgan fingerprint density at radius 3 is 1.69 bits per heavy atom. The van der Waals surface area contributed by atoms with E-state index in [-0.39, 0.29) is 0 Å². The van der Waals surface area contributed by atoms with E-state index in [4.69, 9.17) is 9.47 Å². The van der Waals surface area contributed by atoms with Crippen LogP contribution in [-0.2, 0) is 9.47 Å². The molecule has 0 radical (unpaired) electrons.